The zero-order chi connectivity index (χ0) is 10.7. The minimum absolute atomic E-state index is 0.394. The molecule has 4 nitrogen and oxygen atoms in total. The molecule has 0 saturated carbocycles. The highest BCUT2D eigenvalue weighted by molar-refractivity contribution is 7.11. The minimum atomic E-state index is 0.394. The van der Waals surface area contributed by atoms with Crippen molar-refractivity contribution in [2.24, 2.45) is 0 Å². The Morgan fingerprint density at radius 3 is 2.87 bits per heavy atom. The van der Waals surface area contributed by atoms with Crippen LogP contribution >= 0.6 is 22.9 Å². The molecule has 2 rings (SSSR count). The van der Waals surface area contributed by atoms with E-state index in [4.69, 9.17) is 11.6 Å². The SMILES string of the molecule is Cc1cnc(CNc2ccc(Cl)nn2)s1. The molecule has 78 valence electrons. The van der Waals surface area contributed by atoms with Gasteiger partial charge in [-0.3, -0.25) is 0 Å². The second-order valence-electron chi connectivity index (χ2n) is 2.96. The van der Waals surface area contributed by atoms with Gasteiger partial charge in [0.25, 0.3) is 0 Å². The van der Waals surface area contributed by atoms with Crippen LogP contribution in [0.2, 0.25) is 5.15 Å². The Kier molecular flexibility index (Phi) is 3.13. The maximum atomic E-state index is 5.62. The fourth-order valence-corrected chi connectivity index (χ4v) is 1.89. The number of anilines is 1. The number of rotatable bonds is 3. The van der Waals surface area contributed by atoms with E-state index in [1.165, 1.54) is 4.88 Å². The van der Waals surface area contributed by atoms with E-state index in [2.05, 4.69) is 20.5 Å². The highest BCUT2D eigenvalue weighted by Gasteiger charge is 1.99. The van der Waals surface area contributed by atoms with Gasteiger partial charge < -0.3 is 5.32 Å². The van der Waals surface area contributed by atoms with Crippen molar-refractivity contribution in [3.8, 4) is 0 Å². The molecule has 2 heterocycles. The maximum absolute atomic E-state index is 5.62. The molecule has 0 radical (unpaired) electrons. The van der Waals surface area contributed by atoms with Gasteiger partial charge in [0, 0.05) is 11.1 Å². The molecule has 2 aromatic heterocycles. The largest absolute Gasteiger partial charge is 0.362 e. The lowest BCUT2D eigenvalue weighted by atomic mass is 10.5. The number of nitrogens with zero attached hydrogens (tertiary/aromatic N) is 3. The van der Waals surface area contributed by atoms with Crippen LogP contribution in [0, 0.1) is 6.92 Å². The van der Waals surface area contributed by atoms with Gasteiger partial charge in [-0.05, 0) is 19.1 Å². The van der Waals surface area contributed by atoms with Crippen molar-refractivity contribution in [3.63, 3.8) is 0 Å². The Labute approximate surface area is 96.3 Å². The molecule has 2 aromatic rings. The summed E-state index contributed by atoms with van der Waals surface area (Å²) in [6.07, 6.45) is 1.86. The number of nitrogens with one attached hydrogen (secondary N) is 1. The van der Waals surface area contributed by atoms with Crippen LogP contribution in [0.3, 0.4) is 0 Å². The second kappa shape index (κ2) is 4.55. The van der Waals surface area contributed by atoms with Crippen LogP contribution in [0.1, 0.15) is 9.88 Å². The third kappa shape index (κ3) is 2.87. The summed E-state index contributed by atoms with van der Waals surface area (Å²) in [5.74, 6) is 0.701. The first kappa shape index (κ1) is 10.3. The summed E-state index contributed by atoms with van der Waals surface area (Å²) in [5, 5.41) is 12.2. The molecule has 0 saturated heterocycles. The molecule has 0 fully saturated rings. The fourth-order valence-electron chi connectivity index (χ4n) is 1.06. The molecule has 6 heteroatoms. The van der Waals surface area contributed by atoms with Crippen molar-refractivity contribution in [2.75, 3.05) is 5.32 Å². The van der Waals surface area contributed by atoms with E-state index in [-0.39, 0.29) is 0 Å². The standard InChI is InChI=1S/C9H9ClN4S/c1-6-4-12-9(15-6)5-11-8-3-2-7(10)13-14-8/h2-4H,5H2,1H3,(H,11,14). The summed E-state index contributed by atoms with van der Waals surface area (Å²) in [7, 11) is 0. The zero-order valence-corrected chi connectivity index (χ0v) is 9.64. The number of hydrogen-bond donors (Lipinski definition) is 1. The Morgan fingerprint density at radius 1 is 1.40 bits per heavy atom. The average Bonchev–Trinajstić information content (AvgIpc) is 2.64. The number of aromatic nitrogens is 3. The zero-order valence-electron chi connectivity index (χ0n) is 8.07. The van der Waals surface area contributed by atoms with Gasteiger partial charge in [0.15, 0.2) is 5.15 Å². The molecule has 0 bridgehead atoms. The molecular formula is C9H9ClN4S. The van der Waals surface area contributed by atoms with Gasteiger partial charge in [0.05, 0.1) is 6.54 Å². The summed E-state index contributed by atoms with van der Waals surface area (Å²) in [5.41, 5.74) is 0. The first-order chi connectivity index (χ1) is 7.24. The smallest absolute Gasteiger partial charge is 0.151 e. The highest BCUT2D eigenvalue weighted by atomic mass is 35.5. The third-order valence-electron chi connectivity index (χ3n) is 1.72. The van der Waals surface area contributed by atoms with E-state index < -0.39 is 0 Å². The quantitative estimate of drug-likeness (QED) is 0.896. The molecule has 0 aromatic carbocycles. The van der Waals surface area contributed by atoms with Crippen LogP contribution in [0.15, 0.2) is 18.3 Å². The van der Waals surface area contributed by atoms with Gasteiger partial charge in [-0.2, -0.15) is 0 Å². The summed E-state index contributed by atoms with van der Waals surface area (Å²) < 4.78 is 0. The monoisotopic (exact) mass is 240 g/mol. The molecule has 0 aliphatic carbocycles. The maximum Gasteiger partial charge on any atom is 0.151 e. The lowest BCUT2D eigenvalue weighted by molar-refractivity contribution is 0.994. The molecular weight excluding hydrogens is 232 g/mol. The van der Waals surface area contributed by atoms with Crippen LogP contribution in [-0.4, -0.2) is 15.2 Å². The fraction of sp³-hybridized carbons (Fsp3) is 0.222. The van der Waals surface area contributed by atoms with Gasteiger partial charge >= 0.3 is 0 Å². The Morgan fingerprint density at radius 2 is 2.27 bits per heavy atom. The minimum Gasteiger partial charge on any atom is -0.362 e. The predicted molar refractivity (Wildman–Crippen MR) is 61.2 cm³/mol. The molecule has 0 atom stereocenters. The van der Waals surface area contributed by atoms with E-state index in [9.17, 15) is 0 Å². The van der Waals surface area contributed by atoms with Gasteiger partial charge in [0.2, 0.25) is 0 Å². The number of hydrogen-bond acceptors (Lipinski definition) is 5. The van der Waals surface area contributed by atoms with Gasteiger partial charge in [-0.1, -0.05) is 11.6 Å². The van der Waals surface area contributed by atoms with Crippen molar-refractivity contribution in [3.05, 3.63) is 33.4 Å². The van der Waals surface area contributed by atoms with Crippen molar-refractivity contribution >= 4 is 28.8 Å². The van der Waals surface area contributed by atoms with Crippen molar-refractivity contribution in [1.82, 2.24) is 15.2 Å². The normalized spacial score (nSPS) is 10.3. The predicted octanol–water partition coefficient (Wildman–Crippen LogP) is 2.51. The summed E-state index contributed by atoms with van der Waals surface area (Å²) in [6.45, 7) is 2.69. The summed E-state index contributed by atoms with van der Waals surface area (Å²) in [4.78, 5) is 5.43. The molecule has 0 amide bonds. The molecule has 15 heavy (non-hydrogen) atoms. The van der Waals surface area contributed by atoms with E-state index in [1.807, 2.05) is 13.1 Å². The number of thiazole rings is 1. The molecule has 0 aliphatic rings. The van der Waals surface area contributed by atoms with Crippen LogP contribution in [-0.2, 0) is 6.54 Å². The van der Waals surface area contributed by atoms with Crippen molar-refractivity contribution < 1.29 is 0 Å². The Balaban J connectivity index is 1.96. The first-order valence-electron chi connectivity index (χ1n) is 4.38. The Hall–Kier alpha value is -1.20. The van der Waals surface area contributed by atoms with Crippen molar-refractivity contribution in [1.29, 1.82) is 0 Å². The van der Waals surface area contributed by atoms with Crippen LogP contribution in [0.5, 0.6) is 0 Å². The molecule has 1 N–H and O–H groups in total. The van der Waals surface area contributed by atoms with Crippen LogP contribution < -0.4 is 5.32 Å². The van der Waals surface area contributed by atoms with Gasteiger partial charge in [-0.25, -0.2) is 4.98 Å². The van der Waals surface area contributed by atoms with E-state index in [0.29, 0.717) is 17.5 Å². The summed E-state index contributed by atoms with van der Waals surface area (Å²) in [6, 6.07) is 3.49. The van der Waals surface area contributed by atoms with Gasteiger partial charge in [-0.15, -0.1) is 21.5 Å². The lowest BCUT2D eigenvalue weighted by Crippen LogP contribution is -2.01. The van der Waals surface area contributed by atoms with Crippen LogP contribution in [0.4, 0.5) is 5.82 Å². The molecule has 0 unspecified atom stereocenters. The second-order valence-corrected chi connectivity index (χ2v) is 4.67. The van der Waals surface area contributed by atoms with E-state index in [0.717, 1.165) is 5.01 Å². The molecule has 0 aliphatic heterocycles. The first-order valence-corrected chi connectivity index (χ1v) is 5.58. The number of halogens is 1. The Bertz CT molecular complexity index is 440. The van der Waals surface area contributed by atoms with E-state index >= 15 is 0 Å². The highest BCUT2D eigenvalue weighted by Crippen LogP contribution is 2.13. The van der Waals surface area contributed by atoms with E-state index in [1.54, 1.807) is 23.5 Å². The molecule has 0 spiro atoms. The lowest BCUT2D eigenvalue weighted by Gasteiger charge is -2.01. The van der Waals surface area contributed by atoms with Gasteiger partial charge in [0.1, 0.15) is 10.8 Å². The summed E-state index contributed by atoms with van der Waals surface area (Å²) >= 11 is 7.28. The topological polar surface area (TPSA) is 50.7 Å². The van der Waals surface area contributed by atoms with Crippen LogP contribution in [0.25, 0.3) is 0 Å². The third-order valence-corrected chi connectivity index (χ3v) is 2.84. The van der Waals surface area contributed by atoms with Crippen molar-refractivity contribution in [2.45, 2.75) is 13.5 Å². The number of aryl methyl sites for hydroxylation is 1. The average molecular weight is 241 g/mol.